The molecule has 4 nitrogen and oxygen atoms in total. The molecule has 4 heteroatoms. The molecule has 0 radical (unpaired) electrons. The number of fused-ring (bicyclic) bond motifs is 5. The van der Waals surface area contributed by atoms with Crippen LogP contribution in [-0.4, -0.2) is 16.2 Å². The number of aliphatic imine (C=N–C) groups is 2. The zero-order valence-corrected chi connectivity index (χ0v) is 29.2. The lowest BCUT2D eigenvalue weighted by Gasteiger charge is -2.22. The first kappa shape index (κ1) is 31.0. The normalized spacial score (nSPS) is 14.6. The Bertz CT molecular complexity index is 2730. The summed E-state index contributed by atoms with van der Waals surface area (Å²) in [6.45, 7) is 0. The maximum absolute atomic E-state index is 5.15. The number of amidine groups is 2. The standard InChI is InChI=1S/C49H36N4/c1-4-13-33(14-5-1)34-23-25-35(26-24-34)38-27-29-42-39(31-38)28-30-45-46(42)43-21-10-11-22-44(43)53(45)41-20-12-19-40(32-41)49-51-47(36-15-6-2-7-16-36)50-48(52-49)37-17-8-3-9-18-37/h2-4,6-32,49H,1,5H2,(H,50,51,52). The van der Waals surface area contributed by atoms with Gasteiger partial charge in [0.15, 0.2) is 6.17 Å². The second-order valence-corrected chi connectivity index (χ2v) is 13.7. The molecule has 0 bridgehead atoms. The van der Waals surface area contributed by atoms with Crippen LogP contribution in [0.4, 0.5) is 0 Å². The van der Waals surface area contributed by atoms with Gasteiger partial charge in [-0.3, -0.25) is 0 Å². The lowest BCUT2D eigenvalue weighted by molar-refractivity contribution is 0.755. The quantitative estimate of drug-likeness (QED) is 0.187. The largest absolute Gasteiger partial charge is 0.324 e. The predicted molar refractivity (Wildman–Crippen MR) is 222 cm³/mol. The van der Waals surface area contributed by atoms with Crippen molar-refractivity contribution >= 4 is 49.8 Å². The zero-order chi connectivity index (χ0) is 35.1. The highest BCUT2D eigenvalue weighted by Crippen LogP contribution is 2.39. The summed E-state index contributed by atoms with van der Waals surface area (Å²) >= 11 is 0. The summed E-state index contributed by atoms with van der Waals surface area (Å²) in [6.07, 6.45) is 8.68. The molecule has 0 saturated heterocycles. The van der Waals surface area contributed by atoms with E-state index in [1.807, 2.05) is 36.4 Å². The van der Waals surface area contributed by atoms with Crippen molar-refractivity contribution in [2.24, 2.45) is 9.98 Å². The summed E-state index contributed by atoms with van der Waals surface area (Å²) in [5, 5.41) is 8.49. The third kappa shape index (κ3) is 5.65. The molecule has 2 heterocycles. The molecule has 8 aromatic rings. The van der Waals surface area contributed by atoms with Gasteiger partial charge in [-0.2, -0.15) is 0 Å². The summed E-state index contributed by atoms with van der Waals surface area (Å²) in [7, 11) is 0. The Morgan fingerprint density at radius 3 is 1.94 bits per heavy atom. The van der Waals surface area contributed by atoms with Crippen molar-refractivity contribution in [3.05, 3.63) is 204 Å². The van der Waals surface area contributed by atoms with Crippen molar-refractivity contribution in [2.45, 2.75) is 19.0 Å². The number of para-hydroxylation sites is 1. The van der Waals surface area contributed by atoms with Gasteiger partial charge in [-0.15, -0.1) is 0 Å². The van der Waals surface area contributed by atoms with Crippen molar-refractivity contribution in [3.8, 4) is 16.8 Å². The van der Waals surface area contributed by atoms with Gasteiger partial charge in [0.25, 0.3) is 0 Å². The summed E-state index contributed by atoms with van der Waals surface area (Å²) < 4.78 is 2.39. The smallest absolute Gasteiger partial charge is 0.169 e. The van der Waals surface area contributed by atoms with Crippen LogP contribution in [0.5, 0.6) is 0 Å². The Kier molecular flexibility index (Phi) is 7.65. The van der Waals surface area contributed by atoms with E-state index in [1.54, 1.807) is 0 Å². The van der Waals surface area contributed by atoms with Crippen LogP contribution in [0.1, 0.15) is 41.3 Å². The van der Waals surface area contributed by atoms with Crippen LogP contribution >= 0.6 is 0 Å². The Balaban J connectivity index is 1.07. The van der Waals surface area contributed by atoms with E-state index in [1.165, 1.54) is 54.8 Å². The monoisotopic (exact) mass is 680 g/mol. The van der Waals surface area contributed by atoms with Gasteiger partial charge in [0.1, 0.15) is 11.7 Å². The van der Waals surface area contributed by atoms with Gasteiger partial charge in [-0.25, -0.2) is 9.98 Å². The van der Waals surface area contributed by atoms with Crippen LogP contribution in [0.15, 0.2) is 192 Å². The summed E-state index contributed by atoms with van der Waals surface area (Å²) in [5.74, 6) is 1.62. The van der Waals surface area contributed by atoms with E-state index in [-0.39, 0.29) is 0 Å². The molecule has 252 valence electrons. The third-order valence-corrected chi connectivity index (χ3v) is 10.5. The minimum atomic E-state index is -0.404. The van der Waals surface area contributed by atoms with Crippen molar-refractivity contribution < 1.29 is 0 Å². The Hall–Kier alpha value is -6.78. The van der Waals surface area contributed by atoms with Gasteiger partial charge in [0, 0.05) is 33.2 Å². The van der Waals surface area contributed by atoms with Crippen LogP contribution in [0.2, 0.25) is 0 Å². The minimum Gasteiger partial charge on any atom is -0.324 e. The lowest BCUT2D eigenvalue weighted by Crippen LogP contribution is -2.36. The van der Waals surface area contributed by atoms with Crippen molar-refractivity contribution in [1.29, 1.82) is 0 Å². The van der Waals surface area contributed by atoms with Crippen molar-refractivity contribution in [2.75, 3.05) is 0 Å². The topological polar surface area (TPSA) is 41.7 Å². The zero-order valence-electron chi connectivity index (χ0n) is 29.2. The third-order valence-electron chi connectivity index (χ3n) is 10.5. The van der Waals surface area contributed by atoms with Crippen LogP contribution in [0, 0.1) is 0 Å². The molecule has 1 N–H and O–H groups in total. The highest BCUT2D eigenvalue weighted by molar-refractivity contribution is 6.21. The highest BCUT2D eigenvalue weighted by atomic mass is 15.2. The molecule has 1 aliphatic carbocycles. The number of nitrogens with one attached hydrogen (secondary N) is 1. The fraction of sp³-hybridized carbons (Fsp3) is 0.0612. The summed E-state index contributed by atoms with van der Waals surface area (Å²) in [5.41, 5.74) is 11.6. The molecule has 0 spiro atoms. The van der Waals surface area contributed by atoms with Crippen LogP contribution in [-0.2, 0) is 0 Å². The van der Waals surface area contributed by atoms with Crippen LogP contribution < -0.4 is 5.32 Å². The van der Waals surface area contributed by atoms with Crippen LogP contribution in [0.25, 0.3) is 55.0 Å². The molecule has 0 unspecified atom stereocenters. The van der Waals surface area contributed by atoms with Crippen LogP contribution in [0.3, 0.4) is 0 Å². The van der Waals surface area contributed by atoms with Gasteiger partial charge in [0.05, 0.1) is 11.0 Å². The van der Waals surface area contributed by atoms with E-state index in [0.29, 0.717) is 0 Å². The first-order valence-electron chi connectivity index (χ1n) is 18.3. The fourth-order valence-corrected chi connectivity index (χ4v) is 7.85. The van der Waals surface area contributed by atoms with E-state index in [2.05, 4.69) is 156 Å². The maximum Gasteiger partial charge on any atom is 0.169 e. The molecule has 10 rings (SSSR count). The number of nitrogens with zero attached hydrogens (tertiary/aromatic N) is 3. The molecular formula is C49H36N4. The fourth-order valence-electron chi connectivity index (χ4n) is 7.85. The van der Waals surface area contributed by atoms with E-state index in [9.17, 15) is 0 Å². The molecule has 0 atom stereocenters. The van der Waals surface area contributed by atoms with Crippen molar-refractivity contribution in [1.82, 2.24) is 9.88 Å². The van der Waals surface area contributed by atoms with Gasteiger partial charge in [-0.05, 0) is 76.2 Å². The van der Waals surface area contributed by atoms with Gasteiger partial charge in [0.2, 0.25) is 0 Å². The van der Waals surface area contributed by atoms with E-state index >= 15 is 0 Å². The van der Waals surface area contributed by atoms with E-state index in [0.717, 1.165) is 46.9 Å². The molecule has 1 aromatic heterocycles. The van der Waals surface area contributed by atoms with Gasteiger partial charge >= 0.3 is 0 Å². The summed E-state index contributed by atoms with van der Waals surface area (Å²) in [6, 6.07) is 58.5. The van der Waals surface area contributed by atoms with E-state index < -0.39 is 6.17 Å². The second kappa shape index (κ2) is 13.1. The number of allylic oxidation sites excluding steroid dienone is 4. The summed E-state index contributed by atoms with van der Waals surface area (Å²) in [4.78, 5) is 10.3. The first-order valence-corrected chi connectivity index (χ1v) is 18.3. The Morgan fingerprint density at radius 2 is 1.21 bits per heavy atom. The molecular weight excluding hydrogens is 645 g/mol. The Labute approximate surface area is 308 Å². The molecule has 0 fully saturated rings. The number of rotatable bonds is 6. The highest BCUT2D eigenvalue weighted by Gasteiger charge is 2.22. The van der Waals surface area contributed by atoms with E-state index in [4.69, 9.17) is 9.98 Å². The second-order valence-electron chi connectivity index (χ2n) is 13.7. The first-order chi connectivity index (χ1) is 26.3. The SMILES string of the molecule is C1=CC(c2ccc(-c3ccc4c(ccc5c4c4ccccc4n5-c4cccc(C5N=C(c6ccccc6)NC(c6ccccc6)=N5)c4)c3)cc2)=CCC1. The van der Waals surface area contributed by atoms with Gasteiger partial charge < -0.3 is 9.88 Å². The molecule has 1 aliphatic heterocycles. The molecule has 0 saturated carbocycles. The number of hydrogen-bond donors (Lipinski definition) is 1. The van der Waals surface area contributed by atoms with Crippen molar-refractivity contribution in [3.63, 3.8) is 0 Å². The molecule has 53 heavy (non-hydrogen) atoms. The van der Waals surface area contributed by atoms with Gasteiger partial charge in [-0.1, -0.05) is 152 Å². The predicted octanol–water partition coefficient (Wildman–Crippen LogP) is 11.8. The number of benzene rings is 7. The molecule has 7 aromatic carbocycles. The molecule has 2 aliphatic rings. The lowest BCUT2D eigenvalue weighted by atomic mass is 9.95. The Morgan fingerprint density at radius 1 is 0.509 bits per heavy atom. The molecule has 0 amide bonds. The maximum atomic E-state index is 5.15. The minimum absolute atomic E-state index is 0.404. The number of aromatic nitrogens is 1. The average molecular weight is 681 g/mol. The number of hydrogen-bond acceptors (Lipinski definition) is 3. The average Bonchev–Trinajstić information content (AvgIpc) is 3.59.